The summed E-state index contributed by atoms with van der Waals surface area (Å²) >= 11 is 12.2. The fourth-order valence-electron chi connectivity index (χ4n) is 3.21. The van der Waals surface area contributed by atoms with Crippen molar-refractivity contribution >= 4 is 46.5 Å². The van der Waals surface area contributed by atoms with Gasteiger partial charge in [-0.05, 0) is 44.0 Å². The number of hydrogen-bond acceptors (Lipinski definition) is 4. The third-order valence-electron chi connectivity index (χ3n) is 4.65. The molecule has 28 heavy (non-hydrogen) atoms. The molecular formula is C20H22Cl2N4O2. The molecule has 3 rings (SSSR count). The number of carbonyl (C=O) groups excluding carboxylic acids is 2. The summed E-state index contributed by atoms with van der Waals surface area (Å²) in [7, 11) is 0. The number of hydrogen-bond donors (Lipinski definition) is 1. The second-order valence-corrected chi connectivity index (χ2v) is 7.35. The molecule has 8 heteroatoms. The van der Waals surface area contributed by atoms with Crippen LogP contribution in [0.2, 0.25) is 10.0 Å². The number of nitrogens with one attached hydrogen (secondary N) is 1. The number of halogens is 2. The first-order chi connectivity index (χ1) is 13.5. The molecule has 1 aliphatic rings. The number of carbonyl (C=O) groups is 2. The lowest BCUT2D eigenvalue weighted by molar-refractivity contribution is -0.116. The van der Waals surface area contributed by atoms with Crippen molar-refractivity contribution in [3.05, 3.63) is 52.1 Å². The number of rotatable bonds is 6. The van der Waals surface area contributed by atoms with Crippen LogP contribution in [0.3, 0.4) is 0 Å². The van der Waals surface area contributed by atoms with Gasteiger partial charge in [-0.2, -0.15) is 0 Å². The van der Waals surface area contributed by atoms with Crippen LogP contribution in [0.4, 0.5) is 11.5 Å². The predicted octanol–water partition coefficient (Wildman–Crippen LogP) is 4.09. The standard InChI is InChI=1S/C20H22Cl2N4O2/c1-2-25(13-17(27)24-18-15(21)8-5-9-16(18)22)20(28)14-7-6-10-23-19(14)26-11-3-4-12-26/h5-10H,2-4,11-13H2,1H3,(H,24,27). The zero-order valence-corrected chi connectivity index (χ0v) is 17.1. The van der Waals surface area contributed by atoms with Crippen molar-refractivity contribution in [2.24, 2.45) is 0 Å². The van der Waals surface area contributed by atoms with Crippen molar-refractivity contribution in [2.45, 2.75) is 19.8 Å². The molecule has 1 aliphatic heterocycles. The van der Waals surface area contributed by atoms with Gasteiger partial charge in [-0.1, -0.05) is 29.3 Å². The fraction of sp³-hybridized carbons (Fsp3) is 0.350. The van der Waals surface area contributed by atoms with Crippen LogP contribution in [-0.2, 0) is 4.79 Å². The minimum atomic E-state index is -0.364. The molecule has 0 unspecified atom stereocenters. The molecule has 0 radical (unpaired) electrons. The largest absolute Gasteiger partial charge is 0.356 e. The lowest BCUT2D eigenvalue weighted by Crippen LogP contribution is -2.38. The van der Waals surface area contributed by atoms with E-state index in [1.54, 1.807) is 36.5 Å². The average Bonchev–Trinajstić information content (AvgIpc) is 3.23. The molecule has 1 fully saturated rings. The molecule has 1 N–H and O–H groups in total. The average molecular weight is 421 g/mol. The van der Waals surface area contributed by atoms with E-state index in [-0.39, 0.29) is 18.4 Å². The molecule has 0 spiro atoms. The normalized spacial score (nSPS) is 13.5. The third-order valence-corrected chi connectivity index (χ3v) is 5.28. The number of anilines is 2. The van der Waals surface area contributed by atoms with Crippen molar-refractivity contribution in [2.75, 3.05) is 36.4 Å². The molecular weight excluding hydrogens is 399 g/mol. The number of likely N-dealkylation sites (N-methyl/N-ethyl adjacent to an activating group) is 1. The Morgan fingerprint density at radius 1 is 1.14 bits per heavy atom. The van der Waals surface area contributed by atoms with Gasteiger partial charge in [-0.3, -0.25) is 9.59 Å². The van der Waals surface area contributed by atoms with Gasteiger partial charge in [0.2, 0.25) is 5.91 Å². The highest BCUT2D eigenvalue weighted by atomic mass is 35.5. The van der Waals surface area contributed by atoms with Crippen LogP contribution in [0.5, 0.6) is 0 Å². The first-order valence-electron chi connectivity index (χ1n) is 9.24. The zero-order valence-electron chi connectivity index (χ0n) is 15.6. The minimum Gasteiger partial charge on any atom is -0.356 e. The quantitative estimate of drug-likeness (QED) is 0.763. The number of para-hydroxylation sites is 1. The van der Waals surface area contributed by atoms with Gasteiger partial charge in [0, 0.05) is 25.8 Å². The molecule has 148 valence electrons. The summed E-state index contributed by atoms with van der Waals surface area (Å²) in [5, 5.41) is 3.39. The molecule has 0 atom stereocenters. The predicted molar refractivity (Wildman–Crippen MR) is 112 cm³/mol. The Kier molecular flexibility index (Phi) is 6.75. The summed E-state index contributed by atoms with van der Waals surface area (Å²) in [5.74, 6) is 0.0905. The molecule has 0 saturated carbocycles. The molecule has 0 bridgehead atoms. The Bertz CT molecular complexity index is 849. The van der Waals surface area contributed by atoms with E-state index in [1.807, 2.05) is 6.92 Å². The Balaban J connectivity index is 1.75. The van der Waals surface area contributed by atoms with E-state index in [2.05, 4.69) is 15.2 Å². The lowest BCUT2D eigenvalue weighted by Gasteiger charge is -2.24. The first kappa shape index (κ1) is 20.4. The van der Waals surface area contributed by atoms with Gasteiger partial charge in [-0.15, -0.1) is 0 Å². The smallest absolute Gasteiger partial charge is 0.258 e. The van der Waals surface area contributed by atoms with Gasteiger partial charge >= 0.3 is 0 Å². The van der Waals surface area contributed by atoms with Crippen LogP contribution in [0, 0.1) is 0 Å². The molecule has 1 aromatic carbocycles. The van der Waals surface area contributed by atoms with Crippen molar-refractivity contribution in [1.29, 1.82) is 0 Å². The number of pyridine rings is 1. The van der Waals surface area contributed by atoms with Crippen molar-refractivity contribution in [3.8, 4) is 0 Å². The summed E-state index contributed by atoms with van der Waals surface area (Å²) in [6, 6.07) is 8.48. The molecule has 1 aromatic heterocycles. The molecule has 2 amide bonds. The summed E-state index contributed by atoms with van der Waals surface area (Å²) in [5.41, 5.74) is 0.855. The number of benzene rings is 1. The number of amides is 2. The summed E-state index contributed by atoms with van der Waals surface area (Å²) in [6.07, 6.45) is 3.86. The molecule has 1 saturated heterocycles. The summed E-state index contributed by atoms with van der Waals surface area (Å²) < 4.78 is 0. The van der Waals surface area contributed by atoms with Crippen LogP contribution in [0.15, 0.2) is 36.5 Å². The van der Waals surface area contributed by atoms with Gasteiger partial charge in [0.25, 0.3) is 5.91 Å². The van der Waals surface area contributed by atoms with E-state index in [1.165, 1.54) is 4.90 Å². The molecule has 2 heterocycles. The van der Waals surface area contributed by atoms with Crippen LogP contribution in [-0.4, -0.2) is 47.9 Å². The fourth-order valence-corrected chi connectivity index (χ4v) is 3.70. The van der Waals surface area contributed by atoms with Gasteiger partial charge in [0.15, 0.2) is 0 Å². The van der Waals surface area contributed by atoms with Gasteiger partial charge in [0.1, 0.15) is 12.4 Å². The van der Waals surface area contributed by atoms with Crippen molar-refractivity contribution in [3.63, 3.8) is 0 Å². The zero-order chi connectivity index (χ0) is 20.1. The van der Waals surface area contributed by atoms with Gasteiger partial charge in [-0.25, -0.2) is 4.98 Å². The Hall–Kier alpha value is -2.31. The second-order valence-electron chi connectivity index (χ2n) is 6.53. The van der Waals surface area contributed by atoms with E-state index in [0.29, 0.717) is 33.7 Å². The van der Waals surface area contributed by atoms with E-state index in [4.69, 9.17) is 23.2 Å². The molecule has 6 nitrogen and oxygen atoms in total. The monoisotopic (exact) mass is 420 g/mol. The topological polar surface area (TPSA) is 65.5 Å². The second kappa shape index (κ2) is 9.26. The van der Waals surface area contributed by atoms with Crippen LogP contribution < -0.4 is 10.2 Å². The van der Waals surface area contributed by atoms with Crippen LogP contribution >= 0.6 is 23.2 Å². The summed E-state index contributed by atoms with van der Waals surface area (Å²) in [4.78, 5) is 33.6. The Morgan fingerprint density at radius 2 is 1.82 bits per heavy atom. The maximum absolute atomic E-state index is 13.1. The maximum atomic E-state index is 13.1. The van der Waals surface area contributed by atoms with E-state index in [0.717, 1.165) is 25.9 Å². The molecule has 0 aliphatic carbocycles. The lowest BCUT2D eigenvalue weighted by atomic mass is 10.2. The summed E-state index contributed by atoms with van der Waals surface area (Å²) in [6.45, 7) is 3.88. The third kappa shape index (κ3) is 4.56. The molecule has 2 aromatic rings. The minimum absolute atomic E-state index is 0.106. The van der Waals surface area contributed by atoms with Crippen LogP contribution in [0.25, 0.3) is 0 Å². The SMILES string of the molecule is CCN(CC(=O)Nc1c(Cl)cccc1Cl)C(=O)c1cccnc1N1CCCC1. The Morgan fingerprint density at radius 3 is 2.46 bits per heavy atom. The highest BCUT2D eigenvalue weighted by Gasteiger charge is 2.25. The maximum Gasteiger partial charge on any atom is 0.258 e. The highest BCUT2D eigenvalue weighted by Crippen LogP contribution is 2.30. The highest BCUT2D eigenvalue weighted by molar-refractivity contribution is 6.39. The van der Waals surface area contributed by atoms with Gasteiger partial charge < -0.3 is 15.1 Å². The van der Waals surface area contributed by atoms with Crippen molar-refractivity contribution < 1.29 is 9.59 Å². The van der Waals surface area contributed by atoms with E-state index >= 15 is 0 Å². The van der Waals surface area contributed by atoms with Gasteiger partial charge in [0.05, 0.1) is 21.3 Å². The Labute approximate surface area is 174 Å². The van der Waals surface area contributed by atoms with Crippen LogP contribution in [0.1, 0.15) is 30.1 Å². The van der Waals surface area contributed by atoms with E-state index < -0.39 is 0 Å². The first-order valence-corrected chi connectivity index (χ1v) is 10.00. The van der Waals surface area contributed by atoms with E-state index in [9.17, 15) is 9.59 Å². The number of nitrogens with zero attached hydrogens (tertiary/aromatic N) is 3. The van der Waals surface area contributed by atoms with Crippen molar-refractivity contribution in [1.82, 2.24) is 9.88 Å². The number of aromatic nitrogens is 1.